The summed E-state index contributed by atoms with van der Waals surface area (Å²) in [6.45, 7) is 7.63. The van der Waals surface area contributed by atoms with Gasteiger partial charge in [0.2, 0.25) is 0 Å². The van der Waals surface area contributed by atoms with Gasteiger partial charge in [0.25, 0.3) is 5.91 Å². The van der Waals surface area contributed by atoms with Crippen LogP contribution in [0.2, 0.25) is 0 Å². The Morgan fingerprint density at radius 2 is 1.69 bits per heavy atom. The first-order valence-corrected chi connectivity index (χ1v) is 8.43. The minimum Gasteiger partial charge on any atom is -0.481 e. The van der Waals surface area contributed by atoms with Gasteiger partial charge in [0.1, 0.15) is 11.3 Å². The highest BCUT2D eigenvalue weighted by Gasteiger charge is 2.17. The lowest BCUT2D eigenvalue weighted by molar-refractivity contribution is -0.122. The molecule has 0 saturated heterocycles. The quantitative estimate of drug-likeness (QED) is 0.718. The van der Waals surface area contributed by atoms with Gasteiger partial charge >= 0.3 is 5.63 Å². The number of amides is 1. The molecule has 0 spiro atoms. The van der Waals surface area contributed by atoms with Gasteiger partial charge in [0.05, 0.1) is 0 Å². The fourth-order valence-electron chi connectivity index (χ4n) is 2.97. The third kappa shape index (κ3) is 3.77. The van der Waals surface area contributed by atoms with Gasteiger partial charge in [-0.3, -0.25) is 4.79 Å². The number of carbonyl (C=O) groups excluding carboxylic acids is 1. The smallest absolute Gasteiger partial charge is 0.336 e. The summed E-state index contributed by atoms with van der Waals surface area (Å²) in [4.78, 5) is 23.9. The van der Waals surface area contributed by atoms with Crippen molar-refractivity contribution >= 4 is 22.6 Å². The second kappa shape index (κ2) is 7.04. The summed E-state index contributed by atoms with van der Waals surface area (Å²) in [5.41, 5.74) is 3.98. The number of aryl methyl sites for hydroxylation is 3. The molecule has 1 atom stereocenters. The van der Waals surface area contributed by atoms with Gasteiger partial charge in [0, 0.05) is 23.2 Å². The number of hydrogen-bond acceptors (Lipinski definition) is 4. The fraction of sp³-hybridized carbons (Fsp3) is 0.238. The minimum absolute atomic E-state index is 0.241. The van der Waals surface area contributed by atoms with Crippen molar-refractivity contribution in [2.45, 2.75) is 33.8 Å². The van der Waals surface area contributed by atoms with Gasteiger partial charge in [-0.15, -0.1) is 0 Å². The summed E-state index contributed by atoms with van der Waals surface area (Å²) in [5, 5.41) is 3.73. The molecule has 5 nitrogen and oxygen atoms in total. The molecule has 0 radical (unpaired) electrons. The van der Waals surface area contributed by atoms with Crippen LogP contribution < -0.4 is 15.7 Å². The van der Waals surface area contributed by atoms with Gasteiger partial charge < -0.3 is 14.5 Å². The molecule has 1 heterocycles. The zero-order valence-corrected chi connectivity index (χ0v) is 15.3. The second-order valence-corrected chi connectivity index (χ2v) is 6.48. The van der Waals surface area contributed by atoms with Crippen LogP contribution in [0.25, 0.3) is 11.0 Å². The molecular weight excluding hydrogens is 330 g/mol. The second-order valence-electron chi connectivity index (χ2n) is 6.48. The first-order valence-electron chi connectivity index (χ1n) is 8.43. The number of carbonyl (C=O) groups is 1. The summed E-state index contributed by atoms with van der Waals surface area (Å²) >= 11 is 0. The van der Waals surface area contributed by atoms with Crippen LogP contribution in [0.3, 0.4) is 0 Å². The molecule has 5 heteroatoms. The topological polar surface area (TPSA) is 68.5 Å². The van der Waals surface area contributed by atoms with Crippen LogP contribution in [0, 0.1) is 20.8 Å². The number of fused-ring (bicyclic) bond motifs is 1. The third-order valence-electron chi connectivity index (χ3n) is 4.20. The predicted molar refractivity (Wildman–Crippen MR) is 102 cm³/mol. The standard InChI is InChI=1S/C21H21NO4/c1-12-9-13(2)20(14(3)10-12)22-21(24)15(4)25-17-7-5-16-6-8-19(23)26-18(16)11-17/h5-11,15H,1-4H3,(H,22,24)/t15-/m1/s1. The molecule has 3 aromatic rings. The molecule has 0 fully saturated rings. The summed E-state index contributed by atoms with van der Waals surface area (Å²) in [5.74, 6) is 0.224. The van der Waals surface area contributed by atoms with E-state index in [9.17, 15) is 9.59 Å². The Hall–Kier alpha value is -3.08. The number of nitrogens with one attached hydrogen (secondary N) is 1. The van der Waals surface area contributed by atoms with E-state index in [1.54, 1.807) is 31.2 Å². The molecule has 0 bridgehead atoms. The van der Waals surface area contributed by atoms with Crippen LogP contribution in [0.5, 0.6) is 5.75 Å². The maximum Gasteiger partial charge on any atom is 0.336 e. The average molecular weight is 351 g/mol. The van der Waals surface area contributed by atoms with Crippen molar-refractivity contribution in [3.05, 3.63) is 69.6 Å². The Bertz CT molecular complexity index is 1010. The molecule has 0 aliphatic heterocycles. The molecule has 0 aliphatic rings. The van der Waals surface area contributed by atoms with Gasteiger partial charge in [-0.2, -0.15) is 0 Å². The lowest BCUT2D eigenvalue weighted by Gasteiger charge is -2.17. The van der Waals surface area contributed by atoms with Crippen LogP contribution in [0.15, 0.2) is 51.7 Å². The maximum atomic E-state index is 12.5. The number of hydrogen-bond donors (Lipinski definition) is 1. The van der Waals surface area contributed by atoms with Gasteiger partial charge in [0.15, 0.2) is 6.10 Å². The summed E-state index contributed by atoms with van der Waals surface area (Å²) in [7, 11) is 0. The molecule has 26 heavy (non-hydrogen) atoms. The zero-order valence-electron chi connectivity index (χ0n) is 15.3. The number of benzene rings is 2. The van der Waals surface area contributed by atoms with Gasteiger partial charge in [-0.1, -0.05) is 17.7 Å². The van der Waals surface area contributed by atoms with Crippen molar-refractivity contribution in [1.29, 1.82) is 0 Å². The van der Waals surface area contributed by atoms with E-state index in [4.69, 9.17) is 9.15 Å². The van der Waals surface area contributed by atoms with Crippen molar-refractivity contribution in [3.8, 4) is 5.75 Å². The fourth-order valence-corrected chi connectivity index (χ4v) is 2.97. The van der Waals surface area contributed by atoms with Crippen LogP contribution in [-0.2, 0) is 4.79 Å². The van der Waals surface area contributed by atoms with Crippen molar-refractivity contribution < 1.29 is 13.9 Å². The Morgan fingerprint density at radius 3 is 2.38 bits per heavy atom. The molecule has 0 saturated carbocycles. The lowest BCUT2D eigenvalue weighted by Crippen LogP contribution is -2.30. The molecule has 2 aromatic carbocycles. The highest BCUT2D eigenvalue weighted by molar-refractivity contribution is 5.95. The Morgan fingerprint density at radius 1 is 1.04 bits per heavy atom. The highest BCUT2D eigenvalue weighted by atomic mass is 16.5. The minimum atomic E-state index is -0.706. The molecule has 3 rings (SSSR count). The van der Waals surface area contributed by atoms with E-state index in [2.05, 4.69) is 5.32 Å². The summed E-state index contributed by atoms with van der Waals surface area (Å²) < 4.78 is 10.9. The first kappa shape index (κ1) is 17.7. The van der Waals surface area contributed by atoms with E-state index in [0.29, 0.717) is 11.3 Å². The van der Waals surface area contributed by atoms with Crippen LogP contribution >= 0.6 is 0 Å². The molecule has 1 N–H and O–H groups in total. The van der Waals surface area contributed by atoms with Gasteiger partial charge in [-0.25, -0.2) is 4.79 Å². The van der Waals surface area contributed by atoms with Gasteiger partial charge in [-0.05, 0) is 57.0 Å². The molecule has 1 amide bonds. The average Bonchev–Trinajstić information content (AvgIpc) is 2.57. The normalized spacial score (nSPS) is 12.0. The van der Waals surface area contributed by atoms with Crippen LogP contribution in [0.1, 0.15) is 23.6 Å². The molecular formula is C21H21NO4. The lowest BCUT2D eigenvalue weighted by atomic mass is 10.0. The highest BCUT2D eigenvalue weighted by Crippen LogP contribution is 2.23. The largest absolute Gasteiger partial charge is 0.481 e. The summed E-state index contributed by atoms with van der Waals surface area (Å²) in [6, 6.07) is 12.2. The van der Waals surface area contributed by atoms with E-state index >= 15 is 0 Å². The molecule has 134 valence electrons. The molecule has 0 aliphatic carbocycles. The Labute approximate surface area is 151 Å². The Kier molecular flexibility index (Phi) is 4.80. The monoisotopic (exact) mass is 351 g/mol. The van der Waals surface area contributed by atoms with Crippen molar-refractivity contribution in [3.63, 3.8) is 0 Å². The Balaban J connectivity index is 1.76. The number of rotatable bonds is 4. The first-order chi connectivity index (χ1) is 12.3. The van der Waals surface area contributed by atoms with E-state index < -0.39 is 11.7 Å². The third-order valence-corrected chi connectivity index (χ3v) is 4.20. The number of anilines is 1. The van der Waals surface area contributed by atoms with E-state index in [1.807, 2.05) is 32.9 Å². The van der Waals surface area contributed by atoms with Crippen molar-refractivity contribution in [2.24, 2.45) is 0 Å². The number of ether oxygens (including phenoxy) is 1. The molecule has 1 aromatic heterocycles. The van der Waals surface area contributed by atoms with E-state index in [-0.39, 0.29) is 5.91 Å². The molecule has 0 unspecified atom stereocenters. The SMILES string of the molecule is Cc1cc(C)c(NC(=O)[C@@H](C)Oc2ccc3ccc(=O)oc3c2)c(C)c1. The van der Waals surface area contributed by atoms with E-state index in [1.165, 1.54) is 6.07 Å². The van der Waals surface area contributed by atoms with Crippen molar-refractivity contribution in [2.75, 3.05) is 5.32 Å². The predicted octanol–water partition coefficient (Wildman–Crippen LogP) is 4.12. The maximum absolute atomic E-state index is 12.5. The van der Waals surface area contributed by atoms with Crippen LogP contribution in [0.4, 0.5) is 5.69 Å². The van der Waals surface area contributed by atoms with Crippen LogP contribution in [-0.4, -0.2) is 12.0 Å². The summed E-state index contributed by atoms with van der Waals surface area (Å²) in [6.07, 6.45) is -0.706. The zero-order chi connectivity index (χ0) is 18.8. The van der Waals surface area contributed by atoms with E-state index in [0.717, 1.165) is 27.8 Å². The van der Waals surface area contributed by atoms with Crippen molar-refractivity contribution in [1.82, 2.24) is 0 Å².